The van der Waals surface area contributed by atoms with Crippen LogP contribution in [0.25, 0.3) is 0 Å². The van der Waals surface area contributed by atoms with E-state index in [1.165, 1.54) is 14.2 Å². The Bertz CT molecular complexity index is 190. The highest BCUT2D eigenvalue weighted by atomic mass is 16.7. The van der Waals surface area contributed by atoms with Gasteiger partial charge < -0.3 is 29.6 Å². The number of rotatable bonds is 4. The van der Waals surface area contributed by atoms with Crippen molar-refractivity contribution < 1.29 is 29.6 Å². The third kappa shape index (κ3) is 2.85. The van der Waals surface area contributed by atoms with Crippen LogP contribution in [0.4, 0.5) is 0 Å². The van der Waals surface area contributed by atoms with Gasteiger partial charge in [-0.25, -0.2) is 5.48 Å². The monoisotopic (exact) mass is 223 g/mol. The van der Waals surface area contributed by atoms with Gasteiger partial charge >= 0.3 is 0 Å². The summed E-state index contributed by atoms with van der Waals surface area (Å²) in [5.74, 6) is 0. The largest absolute Gasteiger partial charge is 0.388 e. The average molecular weight is 223 g/mol. The minimum absolute atomic E-state index is 0.182. The van der Waals surface area contributed by atoms with E-state index in [2.05, 4.69) is 10.3 Å². The van der Waals surface area contributed by atoms with Crippen LogP contribution in [0, 0.1) is 0 Å². The topological polar surface area (TPSA) is 100 Å². The lowest BCUT2D eigenvalue weighted by Crippen LogP contribution is -2.60. The molecule has 0 aliphatic carbocycles. The van der Waals surface area contributed by atoms with Gasteiger partial charge in [-0.1, -0.05) is 0 Å². The minimum atomic E-state index is -1.30. The van der Waals surface area contributed by atoms with Crippen molar-refractivity contribution in [1.82, 2.24) is 5.48 Å². The fourth-order valence-electron chi connectivity index (χ4n) is 1.45. The van der Waals surface area contributed by atoms with Gasteiger partial charge in [0.15, 0.2) is 6.29 Å². The van der Waals surface area contributed by atoms with E-state index in [1.807, 2.05) is 0 Å². The van der Waals surface area contributed by atoms with Crippen LogP contribution in [0.2, 0.25) is 0 Å². The van der Waals surface area contributed by atoms with Crippen molar-refractivity contribution in [3.63, 3.8) is 0 Å². The first-order chi connectivity index (χ1) is 7.11. The maximum Gasteiger partial charge on any atom is 0.186 e. The summed E-state index contributed by atoms with van der Waals surface area (Å²) in [7, 11) is 2.77. The molecular weight excluding hydrogens is 206 g/mol. The third-order valence-electron chi connectivity index (χ3n) is 2.33. The van der Waals surface area contributed by atoms with Gasteiger partial charge in [0.1, 0.15) is 24.4 Å². The molecule has 0 aromatic carbocycles. The highest BCUT2D eigenvalue weighted by Crippen LogP contribution is 2.21. The van der Waals surface area contributed by atoms with Gasteiger partial charge in [0.05, 0.1) is 13.7 Å². The second kappa shape index (κ2) is 5.71. The molecule has 0 unspecified atom stereocenters. The van der Waals surface area contributed by atoms with Gasteiger partial charge in [0.25, 0.3) is 0 Å². The summed E-state index contributed by atoms with van der Waals surface area (Å²) in [4.78, 5) is 4.60. The molecule has 0 aromatic rings. The lowest BCUT2D eigenvalue weighted by Gasteiger charge is -2.39. The predicted molar refractivity (Wildman–Crippen MR) is 48.7 cm³/mol. The molecule has 15 heavy (non-hydrogen) atoms. The standard InChI is InChI=1S/C8H17NO6/c1-13-8-7(12)6(11)5(10)4(15-8)3-9-14-2/h4-12H,3H2,1-2H3/t4-,5-,6+,7-,8+/m1/s1. The number of ether oxygens (including phenoxy) is 2. The summed E-state index contributed by atoms with van der Waals surface area (Å²) in [6, 6.07) is 0. The molecule has 1 heterocycles. The fraction of sp³-hybridized carbons (Fsp3) is 1.00. The second-order valence-electron chi connectivity index (χ2n) is 3.30. The van der Waals surface area contributed by atoms with Crippen LogP contribution in [0.3, 0.4) is 0 Å². The lowest BCUT2D eigenvalue weighted by atomic mass is 9.99. The maximum atomic E-state index is 9.56. The van der Waals surface area contributed by atoms with E-state index in [4.69, 9.17) is 9.47 Å². The summed E-state index contributed by atoms with van der Waals surface area (Å²) in [5, 5.41) is 28.5. The molecular formula is C8H17NO6. The van der Waals surface area contributed by atoms with Gasteiger partial charge in [-0.2, -0.15) is 0 Å². The van der Waals surface area contributed by atoms with Crippen LogP contribution in [-0.4, -0.2) is 66.8 Å². The first-order valence-corrected chi connectivity index (χ1v) is 4.60. The Labute approximate surface area is 87.5 Å². The van der Waals surface area contributed by atoms with Crippen LogP contribution in [0.1, 0.15) is 0 Å². The Morgan fingerprint density at radius 1 is 1.13 bits per heavy atom. The van der Waals surface area contributed by atoms with Crippen LogP contribution < -0.4 is 5.48 Å². The molecule has 7 nitrogen and oxygen atoms in total. The highest BCUT2D eigenvalue weighted by molar-refractivity contribution is 4.89. The van der Waals surface area contributed by atoms with Crippen molar-refractivity contribution in [3.05, 3.63) is 0 Å². The van der Waals surface area contributed by atoms with Crippen molar-refractivity contribution in [3.8, 4) is 0 Å². The molecule has 1 fully saturated rings. The molecule has 1 rings (SSSR count). The summed E-state index contributed by atoms with van der Waals surface area (Å²) in [5.41, 5.74) is 2.50. The molecule has 1 aliphatic heterocycles. The molecule has 0 bridgehead atoms. The fourth-order valence-corrected chi connectivity index (χ4v) is 1.45. The van der Waals surface area contributed by atoms with Gasteiger partial charge in [0, 0.05) is 7.11 Å². The smallest absolute Gasteiger partial charge is 0.186 e. The van der Waals surface area contributed by atoms with Crippen LogP contribution >= 0.6 is 0 Å². The molecule has 0 saturated carbocycles. The second-order valence-corrected chi connectivity index (χ2v) is 3.30. The summed E-state index contributed by atoms with van der Waals surface area (Å²) in [6.07, 6.45) is -5.40. The molecule has 0 radical (unpaired) electrons. The van der Waals surface area contributed by atoms with E-state index in [-0.39, 0.29) is 6.54 Å². The molecule has 5 atom stereocenters. The number of aliphatic hydroxyl groups excluding tert-OH is 3. The summed E-state index contributed by atoms with van der Waals surface area (Å²) >= 11 is 0. The first-order valence-electron chi connectivity index (χ1n) is 4.60. The van der Waals surface area contributed by atoms with Crippen molar-refractivity contribution in [1.29, 1.82) is 0 Å². The quantitative estimate of drug-likeness (QED) is 0.394. The van der Waals surface area contributed by atoms with Crippen molar-refractivity contribution >= 4 is 0 Å². The molecule has 0 amide bonds. The van der Waals surface area contributed by atoms with E-state index >= 15 is 0 Å². The zero-order chi connectivity index (χ0) is 11.4. The first kappa shape index (κ1) is 12.8. The minimum Gasteiger partial charge on any atom is -0.388 e. The summed E-state index contributed by atoms with van der Waals surface area (Å²) < 4.78 is 10.0. The number of nitrogens with one attached hydrogen (secondary N) is 1. The maximum absolute atomic E-state index is 9.56. The number of aliphatic hydroxyl groups is 3. The molecule has 1 aliphatic rings. The van der Waals surface area contributed by atoms with E-state index in [1.54, 1.807) is 0 Å². The molecule has 1 saturated heterocycles. The van der Waals surface area contributed by atoms with Crippen molar-refractivity contribution in [2.75, 3.05) is 20.8 Å². The number of hydrogen-bond donors (Lipinski definition) is 4. The average Bonchev–Trinajstić information content (AvgIpc) is 2.25. The zero-order valence-electron chi connectivity index (χ0n) is 8.66. The van der Waals surface area contributed by atoms with E-state index < -0.39 is 30.7 Å². The van der Waals surface area contributed by atoms with Crippen molar-refractivity contribution in [2.24, 2.45) is 0 Å². The number of hydrogen-bond acceptors (Lipinski definition) is 7. The Balaban J connectivity index is 2.57. The summed E-state index contributed by atoms with van der Waals surface area (Å²) in [6.45, 7) is 0.182. The Morgan fingerprint density at radius 3 is 2.33 bits per heavy atom. The van der Waals surface area contributed by atoms with Gasteiger partial charge in [-0.3, -0.25) is 0 Å². The SMILES string of the molecule is CONC[C@H]1O[C@H](OC)[C@H](O)[C@@H](O)[C@@H]1O. The Kier molecular flexibility index (Phi) is 4.87. The zero-order valence-corrected chi connectivity index (χ0v) is 8.66. The van der Waals surface area contributed by atoms with Gasteiger partial charge in [-0.15, -0.1) is 0 Å². The predicted octanol–water partition coefficient (Wildman–Crippen LogP) is -2.41. The third-order valence-corrected chi connectivity index (χ3v) is 2.33. The normalized spacial score (nSPS) is 41.8. The Morgan fingerprint density at radius 2 is 1.80 bits per heavy atom. The lowest BCUT2D eigenvalue weighted by molar-refractivity contribution is -0.290. The van der Waals surface area contributed by atoms with Gasteiger partial charge in [-0.05, 0) is 0 Å². The highest BCUT2D eigenvalue weighted by Gasteiger charge is 2.43. The van der Waals surface area contributed by atoms with Crippen LogP contribution in [0.15, 0.2) is 0 Å². The number of methoxy groups -OCH3 is 1. The molecule has 0 aromatic heterocycles. The Hall–Kier alpha value is -0.280. The van der Waals surface area contributed by atoms with Crippen molar-refractivity contribution in [2.45, 2.75) is 30.7 Å². The molecule has 90 valence electrons. The molecule has 7 heteroatoms. The van der Waals surface area contributed by atoms with Gasteiger partial charge in [0.2, 0.25) is 0 Å². The van der Waals surface area contributed by atoms with Crippen LogP contribution in [-0.2, 0) is 14.3 Å². The van der Waals surface area contributed by atoms with Crippen LogP contribution in [0.5, 0.6) is 0 Å². The van der Waals surface area contributed by atoms with E-state index in [0.717, 1.165) is 0 Å². The van der Waals surface area contributed by atoms with E-state index in [9.17, 15) is 15.3 Å². The molecule has 0 spiro atoms. The van der Waals surface area contributed by atoms with E-state index in [0.29, 0.717) is 0 Å². The number of hydroxylamine groups is 1. The molecule has 4 N–H and O–H groups in total.